The maximum atomic E-state index is 12.4. The van der Waals surface area contributed by atoms with Crippen LogP contribution in [-0.4, -0.2) is 38.0 Å². The molecule has 0 fully saturated rings. The second-order valence-corrected chi connectivity index (χ2v) is 5.57. The lowest BCUT2D eigenvalue weighted by Crippen LogP contribution is -2.36. The summed E-state index contributed by atoms with van der Waals surface area (Å²) in [6.07, 6.45) is 0. The number of hydrazine groups is 1. The number of para-hydroxylation sites is 1. The molecule has 0 aliphatic heterocycles. The van der Waals surface area contributed by atoms with Crippen LogP contribution in [0.15, 0.2) is 35.7 Å². The molecule has 6 nitrogen and oxygen atoms in total. The molecular formula is C15H17N3O3S. The van der Waals surface area contributed by atoms with Crippen molar-refractivity contribution in [2.45, 2.75) is 0 Å². The number of benzene rings is 1. The van der Waals surface area contributed by atoms with E-state index in [-0.39, 0.29) is 11.8 Å². The Labute approximate surface area is 132 Å². The number of methoxy groups -OCH3 is 1. The van der Waals surface area contributed by atoms with E-state index < -0.39 is 0 Å². The van der Waals surface area contributed by atoms with Crippen LogP contribution < -0.4 is 15.5 Å². The molecule has 22 heavy (non-hydrogen) atoms. The van der Waals surface area contributed by atoms with E-state index in [2.05, 4.69) is 10.7 Å². The summed E-state index contributed by atoms with van der Waals surface area (Å²) < 4.78 is 5.17. The van der Waals surface area contributed by atoms with Gasteiger partial charge >= 0.3 is 0 Å². The fourth-order valence-corrected chi connectivity index (χ4v) is 2.63. The van der Waals surface area contributed by atoms with Crippen molar-refractivity contribution in [3.8, 4) is 5.75 Å². The molecule has 1 aromatic heterocycles. The lowest BCUT2D eigenvalue weighted by atomic mass is 10.2. The molecular weight excluding hydrogens is 302 g/mol. The number of anilines is 1. The Morgan fingerprint density at radius 1 is 1.09 bits per heavy atom. The van der Waals surface area contributed by atoms with Gasteiger partial charge in [0.15, 0.2) is 0 Å². The minimum Gasteiger partial charge on any atom is -0.496 e. The Kier molecular flexibility index (Phi) is 5.13. The zero-order valence-electron chi connectivity index (χ0n) is 12.5. The van der Waals surface area contributed by atoms with Gasteiger partial charge < -0.3 is 10.1 Å². The first-order valence-electron chi connectivity index (χ1n) is 6.53. The molecule has 0 aliphatic carbocycles. The number of ether oxygens (including phenoxy) is 1. The van der Waals surface area contributed by atoms with Crippen LogP contribution in [0.1, 0.15) is 20.7 Å². The van der Waals surface area contributed by atoms with E-state index in [0.717, 1.165) is 0 Å². The zero-order valence-corrected chi connectivity index (χ0v) is 13.4. The predicted molar refractivity (Wildman–Crippen MR) is 86.4 cm³/mol. The number of thiophene rings is 1. The van der Waals surface area contributed by atoms with Crippen molar-refractivity contribution in [1.82, 2.24) is 10.4 Å². The summed E-state index contributed by atoms with van der Waals surface area (Å²) in [5.74, 6) is -0.115. The molecule has 0 unspecified atom stereocenters. The summed E-state index contributed by atoms with van der Waals surface area (Å²) in [4.78, 5) is 24.4. The number of nitrogens with one attached hydrogen (secondary N) is 2. The van der Waals surface area contributed by atoms with E-state index in [1.807, 2.05) is 0 Å². The van der Waals surface area contributed by atoms with Gasteiger partial charge in [0.25, 0.3) is 11.8 Å². The molecule has 0 aliphatic rings. The highest BCUT2D eigenvalue weighted by Gasteiger charge is 2.18. The van der Waals surface area contributed by atoms with Crippen molar-refractivity contribution < 1.29 is 14.3 Å². The summed E-state index contributed by atoms with van der Waals surface area (Å²) in [6.45, 7) is 0. The highest BCUT2D eigenvalue weighted by molar-refractivity contribution is 7.14. The van der Waals surface area contributed by atoms with E-state index in [1.54, 1.807) is 54.8 Å². The van der Waals surface area contributed by atoms with Crippen LogP contribution in [-0.2, 0) is 0 Å². The third-order valence-electron chi connectivity index (χ3n) is 2.81. The summed E-state index contributed by atoms with van der Waals surface area (Å²) in [5.41, 5.74) is 3.48. The van der Waals surface area contributed by atoms with Crippen molar-refractivity contribution in [3.05, 3.63) is 46.8 Å². The lowest BCUT2D eigenvalue weighted by Gasteiger charge is -2.13. The van der Waals surface area contributed by atoms with Gasteiger partial charge in [-0.15, -0.1) is 11.3 Å². The molecule has 0 saturated carbocycles. The van der Waals surface area contributed by atoms with Gasteiger partial charge in [0.1, 0.15) is 10.8 Å². The van der Waals surface area contributed by atoms with Gasteiger partial charge in [0.2, 0.25) is 0 Å². The normalized spacial score (nSPS) is 10.4. The van der Waals surface area contributed by atoms with Gasteiger partial charge in [-0.2, -0.15) is 0 Å². The average molecular weight is 319 g/mol. The Hall–Kier alpha value is -2.38. The number of amides is 2. The van der Waals surface area contributed by atoms with E-state index in [1.165, 1.54) is 18.4 Å². The maximum absolute atomic E-state index is 12.4. The molecule has 7 heteroatoms. The number of carbonyl (C=O) groups is 2. The van der Waals surface area contributed by atoms with Crippen molar-refractivity contribution in [1.29, 1.82) is 0 Å². The Balaban J connectivity index is 2.19. The quantitative estimate of drug-likeness (QED) is 0.829. The first-order chi connectivity index (χ1) is 10.5. The van der Waals surface area contributed by atoms with Gasteiger partial charge in [-0.3, -0.25) is 15.0 Å². The molecule has 2 aromatic rings. The van der Waals surface area contributed by atoms with Gasteiger partial charge in [-0.1, -0.05) is 12.1 Å². The summed E-state index contributed by atoms with van der Waals surface area (Å²) >= 11 is 1.29. The first-order valence-corrected chi connectivity index (χ1v) is 7.41. The number of nitrogens with zero attached hydrogens (tertiary/aromatic N) is 1. The molecule has 0 bridgehead atoms. The number of carbonyl (C=O) groups excluding carboxylic acids is 2. The van der Waals surface area contributed by atoms with E-state index in [0.29, 0.717) is 21.9 Å². The van der Waals surface area contributed by atoms with Gasteiger partial charge in [-0.25, -0.2) is 5.01 Å². The van der Waals surface area contributed by atoms with E-state index >= 15 is 0 Å². The van der Waals surface area contributed by atoms with Crippen LogP contribution in [0.5, 0.6) is 5.75 Å². The monoisotopic (exact) mass is 319 g/mol. The third-order valence-corrected chi connectivity index (χ3v) is 3.64. The molecule has 2 amide bonds. The van der Waals surface area contributed by atoms with Gasteiger partial charge in [-0.05, 0) is 23.6 Å². The van der Waals surface area contributed by atoms with Crippen LogP contribution >= 0.6 is 11.3 Å². The SMILES string of the molecule is COc1ccccc1C(=O)Nc1sccc1C(=O)NN(C)C. The summed E-state index contributed by atoms with van der Waals surface area (Å²) in [5, 5.41) is 6.55. The van der Waals surface area contributed by atoms with Crippen LogP contribution in [0.3, 0.4) is 0 Å². The number of rotatable bonds is 5. The molecule has 0 spiro atoms. The fraction of sp³-hybridized carbons (Fsp3) is 0.200. The number of hydrogen-bond acceptors (Lipinski definition) is 5. The molecule has 1 aromatic carbocycles. The predicted octanol–water partition coefficient (Wildman–Crippen LogP) is 2.22. The molecule has 2 N–H and O–H groups in total. The van der Waals surface area contributed by atoms with E-state index in [4.69, 9.17) is 4.74 Å². The largest absolute Gasteiger partial charge is 0.496 e. The Morgan fingerprint density at radius 3 is 2.50 bits per heavy atom. The highest BCUT2D eigenvalue weighted by Crippen LogP contribution is 2.25. The lowest BCUT2D eigenvalue weighted by molar-refractivity contribution is 0.0858. The fourth-order valence-electron chi connectivity index (χ4n) is 1.85. The zero-order chi connectivity index (χ0) is 16.1. The third kappa shape index (κ3) is 3.63. The Bertz CT molecular complexity index is 682. The van der Waals surface area contributed by atoms with Crippen molar-refractivity contribution in [2.24, 2.45) is 0 Å². The second kappa shape index (κ2) is 7.06. The number of hydrogen-bond donors (Lipinski definition) is 2. The Morgan fingerprint density at radius 2 is 1.82 bits per heavy atom. The molecule has 116 valence electrons. The maximum Gasteiger partial charge on any atom is 0.268 e. The van der Waals surface area contributed by atoms with Crippen LogP contribution in [0, 0.1) is 0 Å². The average Bonchev–Trinajstić information content (AvgIpc) is 2.94. The molecule has 1 heterocycles. The molecule has 0 atom stereocenters. The van der Waals surface area contributed by atoms with Crippen molar-refractivity contribution in [3.63, 3.8) is 0 Å². The van der Waals surface area contributed by atoms with Crippen LogP contribution in [0.4, 0.5) is 5.00 Å². The highest BCUT2D eigenvalue weighted by atomic mass is 32.1. The first kappa shape index (κ1) is 16.0. The summed E-state index contributed by atoms with van der Waals surface area (Å²) in [7, 11) is 4.95. The van der Waals surface area contributed by atoms with Gasteiger partial charge in [0.05, 0.1) is 18.2 Å². The smallest absolute Gasteiger partial charge is 0.268 e. The van der Waals surface area contributed by atoms with Crippen LogP contribution in [0.25, 0.3) is 0 Å². The van der Waals surface area contributed by atoms with Gasteiger partial charge in [0, 0.05) is 14.1 Å². The molecule has 2 rings (SSSR count). The molecule has 0 radical (unpaired) electrons. The second-order valence-electron chi connectivity index (χ2n) is 4.65. The minimum atomic E-state index is -0.321. The van der Waals surface area contributed by atoms with Crippen molar-refractivity contribution in [2.75, 3.05) is 26.5 Å². The van der Waals surface area contributed by atoms with Crippen molar-refractivity contribution >= 4 is 28.2 Å². The standard InChI is InChI=1S/C15H17N3O3S/c1-18(2)17-14(20)11-8-9-22-15(11)16-13(19)10-6-4-5-7-12(10)21-3/h4-9H,1-3H3,(H,16,19)(H,17,20). The summed E-state index contributed by atoms with van der Waals surface area (Å²) in [6, 6.07) is 8.59. The minimum absolute atomic E-state index is 0.276. The van der Waals surface area contributed by atoms with E-state index in [9.17, 15) is 9.59 Å². The van der Waals surface area contributed by atoms with Crippen LogP contribution in [0.2, 0.25) is 0 Å². The molecule has 0 saturated heterocycles. The topological polar surface area (TPSA) is 70.7 Å².